The van der Waals surface area contributed by atoms with E-state index in [4.69, 9.17) is 0 Å². The first-order chi connectivity index (χ1) is 4.31. The lowest BCUT2D eigenvalue weighted by Gasteiger charge is -1.96. The van der Waals surface area contributed by atoms with E-state index in [9.17, 15) is 4.79 Å². The number of halogens is 1. The van der Waals surface area contributed by atoms with Crippen LogP contribution in [-0.4, -0.2) is 19.2 Å². The summed E-state index contributed by atoms with van der Waals surface area (Å²) in [6, 6.07) is 0. The molecule has 0 aliphatic carbocycles. The lowest BCUT2D eigenvalue weighted by Crippen LogP contribution is -2.04. The molecule has 0 aromatic rings. The fraction of sp³-hybridized carbons (Fsp3) is 0.400. The van der Waals surface area contributed by atoms with Gasteiger partial charge in [0.05, 0.1) is 22.9 Å². The zero-order valence-corrected chi connectivity index (χ0v) is 6.39. The molecule has 0 rings (SSSR count). The quantitative estimate of drug-likeness (QED) is 0.382. The molecule has 9 heavy (non-hydrogen) atoms. The number of hydrogen-bond donors (Lipinski definition) is 0. The van der Waals surface area contributed by atoms with Crippen LogP contribution in [0.5, 0.6) is 0 Å². The molecule has 3 nitrogen and oxygen atoms in total. The molecule has 0 saturated carbocycles. The second-order valence-electron chi connectivity index (χ2n) is 1.18. The van der Waals surface area contributed by atoms with Crippen molar-refractivity contribution >= 4 is 22.2 Å². The van der Waals surface area contributed by atoms with Crippen LogP contribution in [-0.2, 0) is 13.4 Å². The van der Waals surface area contributed by atoms with Crippen LogP contribution in [0.4, 0.5) is 0 Å². The maximum absolute atomic E-state index is 10.3. The summed E-state index contributed by atoms with van der Waals surface area (Å²) in [6.45, 7) is 3.81. The van der Waals surface area contributed by atoms with Crippen molar-refractivity contribution in [2.45, 2.75) is 0 Å². The topological polar surface area (TPSA) is 35.5 Å². The minimum atomic E-state index is -0.431. The summed E-state index contributed by atoms with van der Waals surface area (Å²) < 4.78 is 8.96. The molecular formula is C5H7BrO3. The van der Waals surface area contributed by atoms with Gasteiger partial charge in [-0.05, 0) is 0 Å². The van der Waals surface area contributed by atoms with Crippen LogP contribution in [0.3, 0.4) is 0 Å². The lowest BCUT2D eigenvalue weighted by atomic mass is 10.6. The van der Waals surface area contributed by atoms with E-state index in [2.05, 4.69) is 31.4 Å². The number of ether oxygens (including phenoxy) is 1. The molecule has 0 unspecified atom stereocenters. The standard InChI is InChI=1S/C5H7BrO3/c1-2-5(7)8-3-4-9-6/h2H,1,3-4H2. The first kappa shape index (κ1) is 8.65. The molecule has 0 saturated heterocycles. The van der Waals surface area contributed by atoms with E-state index in [1.165, 1.54) is 0 Å². The molecule has 0 N–H and O–H groups in total. The monoisotopic (exact) mass is 194 g/mol. The number of carbonyl (C=O) groups excluding carboxylic acids is 1. The van der Waals surface area contributed by atoms with Crippen LogP contribution in [0.15, 0.2) is 12.7 Å². The number of hydrogen-bond acceptors (Lipinski definition) is 3. The predicted octanol–water partition coefficient (Wildman–Crippen LogP) is 1.04. The average molecular weight is 195 g/mol. The molecule has 0 bridgehead atoms. The predicted molar refractivity (Wildman–Crippen MR) is 36.0 cm³/mol. The Bertz CT molecular complexity index is 102. The Labute approximate surface area is 62.1 Å². The van der Waals surface area contributed by atoms with Gasteiger partial charge < -0.3 is 8.57 Å². The summed E-state index contributed by atoms with van der Waals surface area (Å²) in [5.41, 5.74) is 0. The molecule has 0 aromatic heterocycles. The Morgan fingerprint density at radius 3 is 2.78 bits per heavy atom. The molecule has 4 heteroatoms. The van der Waals surface area contributed by atoms with E-state index < -0.39 is 5.97 Å². The van der Waals surface area contributed by atoms with Crippen molar-refractivity contribution in [1.82, 2.24) is 0 Å². The van der Waals surface area contributed by atoms with E-state index in [0.717, 1.165) is 6.08 Å². The van der Waals surface area contributed by atoms with Crippen molar-refractivity contribution in [1.29, 1.82) is 0 Å². The van der Waals surface area contributed by atoms with Crippen molar-refractivity contribution in [3.05, 3.63) is 12.7 Å². The summed E-state index contributed by atoms with van der Waals surface area (Å²) in [5.74, 6) is -0.431. The minimum Gasteiger partial charge on any atom is -0.460 e. The molecular weight excluding hydrogens is 188 g/mol. The fourth-order valence-electron chi connectivity index (χ4n) is 0.233. The van der Waals surface area contributed by atoms with Crippen LogP contribution < -0.4 is 0 Å². The van der Waals surface area contributed by atoms with Gasteiger partial charge in [-0.1, -0.05) is 6.58 Å². The summed E-state index contributed by atoms with van der Waals surface area (Å²) in [4.78, 5) is 10.3. The third-order valence-corrected chi connectivity index (χ3v) is 0.895. The lowest BCUT2D eigenvalue weighted by molar-refractivity contribution is -0.138. The third-order valence-electron chi connectivity index (χ3n) is 0.571. The molecule has 0 radical (unpaired) electrons. The van der Waals surface area contributed by atoms with Gasteiger partial charge in [0, 0.05) is 6.08 Å². The second-order valence-corrected chi connectivity index (χ2v) is 1.64. The summed E-state index contributed by atoms with van der Waals surface area (Å²) in [6.07, 6.45) is 1.11. The Hall–Kier alpha value is -0.350. The SMILES string of the molecule is C=CC(=O)OCCOBr. The highest BCUT2D eigenvalue weighted by Gasteiger charge is 1.92. The van der Waals surface area contributed by atoms with Crippen LogP contribution in [0.1, 0.15) is 0 Å². The fourth-order valence-corrected chi connectivity index (χ4v) is 0.365. The van der Waals surface area contributed by atoms with Crippen LogP contribution >= 0.6 is 16.3 Å². The number of carbonyl (C=O) groups is 1. The van der Waals surface area contributed by atoms with Crippen LogP contribution in [0, 0.1) is 0 Å². The smallest absolute Gasteiger partial charge is 0.330 e. The zero-order chi connectivity index (χ0) is 7.11. The molecule has 0 atom stereocenters. The maximum atomic E-state index is 10.3. The van der Waals surface area contributed by atoms with E-state index >= 15 is 0 Å². The normalized spacial score (nSPS) is 8.56. The van der Waals surface area contributed by atoms with Crippen molar-refractivity contribution in [3.63, 3.8) is 0 Å². The van der Waals surface area contributed by atoms with Gasteiger partial charge in [0.2, 0.25) is 0 Å². The largest absolute Gasteiger partial charge is 0.460 e. The number of rotatable bonds is 4. The van der Waals surface area contributed by atoms with Crippen molar-refractivity contribution in [2.75, 3.05) is 13.2 Å². The van der Waals surface area contributed by atoms with Gasteiger partial charge in [0.1, 0.15) is 6.61 Å². The highest BCUT2D eigenvalue weighted by atomic mass is 79.9. The molecule has 0 aromatic carbocycles. The zero-order valence-electron chi connectivity index (χ0n) is 4.80. The van der Waals surface area contributed by atoms with Gasteiger partial charge in [-0.25, -0.2) is 4.79 Å². The Balaban J connectivity index is 3.07. The number of esters is 1. The van der Waals surface area contributed by atoms with Gasteiger partial charge in [-0.15, -0.1) is 0 Å². The van der Waals surface area contributed by atoms with Gasteiger partial charge in [0.25, 0.3) is 0 Å². The molecule has 0 amide bonds. The van der Waals surface area contributed by atoms with E-state index in [1.807, 2.05) is 0 Å². The van der Waals surface area contributed by atoms with E-state index in [-0.39, 0.29) is 6.61 Å². The maximum Gasteiger partial charge on any atom is 0.330 e. The average Bonchev–Trinajstić information content (AvgIpc) is 1.89. The summed E-state index contributed by atoms with van der Waals surface area (Å²) in [7, 11) is 0. The molecule has 0 aliphatic heterocycles. The summed E-state index contributed by atoms with van der Waals surface area (Å²) in [5, 5.41) is 0. The van der Waals surface area contributed by atoms with Gasteiger partial charge in [-0.2, -0.15) is 0 Å². The van der Waals surface area contributed by atoms with E-state index in [0.29, 0.717) is 6.61 Å². The molecule has 0 heterocycles. The highest BCUT2D eigenvalue weighted by Crippen LogP contribution is 1.84. The molecule has 0 spiro atoms. The summed E-state index contributed by atoms with van der Waals surface area (Å²) >= 11 is 2.70. The van der Waals surface area contributed by atoms with Crippen molar-refractivity contribution < 1.29 is 13.4 Å². The third kappa shape index (κ3) is 5.52. The Morgan fingerprint density at radius 1 is 1.67 bits per heavy atom. The van der Waals surface area contributed by atoms with Gasteiger partial charge >= 0.3 is 5.97 Å². The van der Waals surface area contributed by atoms with Gasteiger partial charge in [-0.3, -0.25) is 0 Å². The van der Waals surface area contributed by atoms with Crippen LogP contribution in [0.25, 0.3) is 0 Å². The molecule has 0 fully saturated rings. The first-order valence-electron chi connectivity index (χ1n) is 2.34. The minimum absolute atomic E-state index is 0.246. The van der Waals surface area contributed by atoms with Crippen molar-refractivity contribution in [2.24, 2.45) is 0 Å². The van der Waals surface area contributed by atoms with Crippen molar-refractivity contribution in [3.8, 4) is 0 Å². The first-order valence-corrected chi connectivity index (χ1v) is 2.98. The molecule has 52 valence electrons. The Morgan fingerprint density at radius 2 is 2.33 bits per heavy atom. The molecule has 0 aliphatic rings. The highest BCUT2D eigenvalue weighted by molar-refractivity contribution is 9.06. The second kappa shape index (κ2) is 5.78. The van der Waals surface area contributed by atoms with Gasteiger partial charge in [0.15, 0.2) is 0 Å². The van der Waals surface area contributed by atoms with Crippen LogP contribution in [0.2, 0.25) is 0 Å². The Kier molecular flexibility index (Phi) is 5.56. The van der Waals surface area contributed by atoms with E-state index in [1.54, 1.807) is 0 Å².